The van der Waals surface area contributed by atoms with Crippen molar-refractivity contribution in [3.63, 3.8) is 0 Å². The van der Waals surface area contributed by atoms with Crippen LogP contribution in [-0.2, 0) is 4.79 Å². The highest BCUT2D eigenvalue weighted by Gasteiger charge is 2.23. The maximum Gasteiger partial charge on any atom is 0.193 e. The summed E-state index contributed by atoms with van der Waals surface area (Å²) in [6.07, 6.45) is 4.17. The van der Waals surface area contributed by atoms with E-state index in [0.717, 1.165) is 22.3 Å². The molecule has 0 saturated heterocycles. The number of Topliss-reactive ketones (excluding diaryl/α,β-unsaturated/α-hetero) is 1. The molecule has 0 fully saturated rings. The number of ketones is 1. The molecule has 0 radical (unpaired) electrons. The minimum absolute atomic E-state index is 0.0762. The first-order chi connectivity index (χ1) is 12.1. The molecule has 0 amide bonds. The summed E-state index contributed by atoms with van der Waals surface area (Å²) >= 11 is 0. The number of carbonyl (C=O) groups is 1. The van der Waals surface area contributed by atoms with Crippen LogP contribution in [0, 0.1) is 10.8 Å². The van der Waals surface area contributed by atoms with Crippen LogP contribution < -0.4 is 0 Å². The van der Waals surface area contributed by atoms with Crippen LogP contribution in [0.25, 0.3) is 11.1 Å². The molecule has 0 saturated carbocycles. The van der Waals surface area contributed by atoms with Gasteiger partial charge in [0.25, 0.3) is 0 Å². The lowest BCUT2D eigenvalue weighted by molar-refractivity contribution is -0.108. The molecule has 0 aliphatic rings. The highest BCUT2D eigenvalue weighted by Crippen LogP contribution is 2.32. The van der Waals surface area contributed by atoms with Gasteiger partial charge in [0.1, 0.15) is 0 Å². The topological polar surface area (TPSA) is 17.1 Å². The van der Waals surface area contributed by atoms with E-state index in [4.69, 9.17) is 0 Å². The van der Waals surface area contributed by atoms with Crippen LogP contribution in [0.5, 0.6) is 0 Å². The lowest BCUT2D eigenvalue weighted by atomic mass is 9.83. The molecule has 136 valence electrons. The van der Waals surface area contributed by atoms with Crippen LogP contribution >= 0.6 is 0 Å². The highest BCUT2D eigenvalue weighted by molar-refractivity contribution is 6.42. The smallest absolute Gasteiger partial charge is 0.193 e. The standard InChI is InChI=1S/C25H30O/c1-24(2,3)17-21(19-13-9-7-10-14-19)23(26)22(18-25(4,5)6)20-15-11-8-12-16-20/h7-18H,1-6H3. The molecule has 0 aliphatic heterocycles. The minimum atomic E-state index is -0.0929. The van der Waals surface area contributed by atoms with Gasteiger partial charge in [0.2, 0.25) is 0 Å². The first kappa shape index (κ1) is 19.9. The van der Waals surface area contributed by atoms with E-state index in [1.807, 2.05) is 60.7 Å². The van der Waals surface area contributed by atoms with Crippen molar-refractivity contribution in [3.8, 4) is 0 Å². The number of hydrogen-bond donors (Lipinski definition) is 0. The minimum Gasteiger partial charge on any atom is -0.289 e. The second kappa shape index (κ2) is 7.86. The van der Waals surface area contributed by atoms with Gasteiger partial charge in [-0.2, -0.15) is 0 Å². The number of hydrogen-bond acceptors (Lipinski definition) is 1. The Hall–Kier alpha value is -2.41. The maximum absolute atomic E-state index is 13.7. The molecule has 0 spiro atoms. The van der Waals surface area contributed by atoms with Gasteiger partial charge >= 0.3 is 0 Å². The summed E-state index contributed by atoms with van der Waals surface area (Å²) in [6.45, 7) is 12.7. The first-order valence-electron chi connectivity index (χ1n) is 9.18. The normalized spacial score (nSPS) is 13.6. The van der Waals surface area contributed by atoms with Gasteiger partial charge in [-0.3, -0.25) is 4.79 Å². The predicted molar refractivity (Wildman–Crippen MR) is 113 cm³/mol. The Morgan fingerprint density at radius 3 is 1.19 bits per heavy atom. The number of benzene rings is 2. The van der Waals surface area contributed by atoms with Crippen molar-refractivity contribution in [1.29, 1.82) is 0 Å². The second-order valence-electron chi connectivity index (χ2n) is 8.91. The zero-order valence-electron chi connectivity index (χ0n) is 16.8. The summed E-state index contributed by atoms with van der Waals surface area (Å²) in [7, 11) is 0. The fraction of sp³-hybridized carbons (Fsp3) is 0.320. The first-order valence-corrected chi connectivity index (χ1v) is 9.18. The van der Waals surface area contributed by atoms with Gasteiger partial charge in [0, 0.05) is 11.1 Å². The third kappa shape index (κ3) is 5.84. The Morgan fingerprint density at radius 2 is 0.923 bits per heavy atom. The molecule has 0 heterocycles. The second-order valence-corrected chi connectivity index (χ2v) is 8.91. The molecular weight excluding hydrogens is 316 g/mol. The van der Waals surface area contributed by atoms with Crippen LogP contribution in [-0.4, -0.2) is 5.78 Å². The fourth-order valence-corrected chi connectivity index (χ4v) is 2.81. The SMILES string of the molecule is CC(C)(C)C=C(C(=O)C(=CC(C)(C)C)c1ccccc1)c1ccccc1. The Labute approximate surface area is 158 Å². The van der Waals surface area contributed by atoms with Gasteiger partial charge in [-0.05, 0) is 22.0 Å². The summed E-state index contributed by atoms with van der Waals surface area (Å²) in [5.41, 5.74) is 3.26. The molecule has 0 bridgehead atoms. The Balaban J connectivity index is 2.64. The molecule has 1 heteroatoms. The molecule has 0 aromatic heterocycles. The summed E-state index contributed by atoms with van der Waals surface area (Å²) < 4.78 is 0. The van der Waals surface area contributed by atoms with Crippen LogP contribution in [0.15, 0.2) is 72.8 Å². The van der Waals surface area contributed by atoms with Gasteiger partial charge in [-0.25, -0.2) is 0 Å². The molecule has 2 aromatic rings. The molecule has 1 nitrogen and oxygen atoms in total. The summed E-state index contributed by atoms with van der Waals surface area (Å²) in [6, 6.07) is 19.9. The van der Waals surface area contributed by atoms with Crippen molar-refractivity contribution in [1.82, 2.24) is 0 Å². The van der Waals surface area contributed by atoms with Crippen LogP contribution in [0.2, 0.25) is 0 Å². The van der Waals surface area contributed by atoms with Crippen LogP contribution in [0.1, 0.15) is 52.7 Å². The molecule has 0 unspecified atom stereocenters. The van der Waals surface area contributed by atoms with Gasteiger partial charge in [0.15, 0.2) is 5.78 Å². The number of carbonyl (C=O) groups excluding carboxylic acids is 1. The van der Waals surface area contributed by atoms with E-state index < -0.39 is 0 Å². The summed E-state index contributed by atoms with van der Waals surface area (Å²) in [5.74, 6) is 0.0762. The maximum atomic E-state index is 13.7. The zero-order valence-corrected chi connectivity index (χ0v) is 16.8. The van der Waals surface area contributed by atoms with Gasteiger partial charge in [0.05, 0.1) is 0 Å². The third-order valence-corrected chi connectivity index (χ3v) is 3.81. The average molecular weight is 347 g/mol. The monoisotopic (exact) mass is 346 g/mol. The Morgan fingerprint density at radius 1 is 0.615 bits per heavy atom. The van der Waals surface area contributed by atoms with Crippen molar-refractivity contribution >= 4 is 16.9 Å². The van der Waals surface area contributed by atoms with Gasteiger partial charge < -0.3 is 0 Å². The Kier molecular flexibility index (Phi) is 6.02. The predicted octanol–water partition coefficient (Wildman–Crippen LogP) is 6.81. The van der Waals surface area contributed by atoms with Crippen LogP contribution in [0.3, 0.4) is 0 Å². The van der Waals surface area contributed by atoms with Crippen LogP contribution in [0.4, 0.5) is 0 Å². The summed E-state index contributed by atoms with van der Waals surface area (Å²) in [4.78, 5) is 13.7. The van der Waals surface area contributed by atoms with E-state index in [1.54, 1.807) is 0 Å². The lowest BCUT2D eigenvalue weighted by Gasteiger charge is -2.20. The molecule has 0 N–H and O–H groups in total. The fourth-order valence-electron chi connectivity index (χ4n) is 2.81. The van der Waals surface area contributed by atoms with E-state index >= 15 is 0 Å². The quantitative estimate of drug-likeness (QED) is 0.555. The van der Waals surface area contributed by atoms with E-state index in [9.17, 15) is 4.79 Å². The zero-order chi connectivity index (χ0) is 19.4. The van der Waals surface area contributed by atoms with Crippen molar-refractivity contribution in [2.75, 3.05) is 0 Å². The van der Waals surface area contributed by atoms with E-state index in [2.05, 4.69) is 53.7 Å². The molecule has 2 aromatic carbocycles. The summed E-state index contributed by atoms with van der Waals surface area (Å²) in [5, 5.41) is 0. The third-order valence-electron chi connectivity index (χ3n) is 3.81. The van der Waals surface area contributed by atoms with Crippen molar-refractivity contribution in [2.24, 2.45) is 10.8 Å². The average Bonchev–Trinajstić information content (AvgIpc) is 2.57. The lowest BCUT2D eigenvalue weighted by Crippen LogP contribution is -2.12. The van der Waals surface area contributed by atoms with E-state index in [0.29, 0.717) is 0 Å². The van der Waals surface area contributed by atoms with E-state index in [1.165, 1.54) is 0 Å². The molecule has 0 aliphatic carbocycles. The van der Waals surface area contributed by atoms with Crippen molar-refractivity contribution < 1.29 is 4.79 Å². The van der Waals surface area contributed by atoms with Gasteiger partial charge in [-0.1, -0.05) is 114 Å². The molecule has 2 rings (SSSR count). The van der Waals surface area contributed by atoms with Crippen molar-refractivity contribution in [3.05, 3.63) is 83.9 Å². The number of rotatable bonds is 4. The van der Waals surface area contributed by atoms with Gasteiger partial charge in [-0.15, -0.1) is 0 Å². The van der Waals surface area contributed by atoms with Crippen molar-refractivity contribution in [2.45, 2.75) is 41.5 Å². The Bertz CT molecular complexity index is 725. The van der Waals surface area contributed by atoms with E-state index in [-0.39, 0.29) is 16.6 Å². The molecule has 26 heavy (non-hydrogen) atoms. The highest BCUT2D eigenvalue weighted by atomic mass is 16.1. The largest absolute Gasteiger partial charge is 0.289 e. The number of allylic oxidation sites excluding steroid dienone is 4. The molecule has 0 atom stereocenters. The molecular formula is C25H30O.